The molecule has 1 fully saturated rings. The maximum atomic E-state index is 4.44. The van der Waals surface area contributed by atoms with E-state index in [-0.39, 0.29) is 0 Å². The van der Waals surface area contributed by atoms with Crippen LogP contribution in [0.2, 0.25) is 0 Å². The molecule has 5 heteroatoms. The summed E-state index contributed by atoms with van der Waals surface area (Å²) in [4.78, 5) is 4.91. The summed E-state index contributed by atoms with van der Waals surface area (Å²) in [6.45, 7) is 9.01. The lowest BCUT2D eigenvalue weighted by Gasteiger charge is -2.32. The normalized spacial score (nSPS) is 18.2. The molecule has 18 heavy (non-hydrogen) atoms. The highest BCUT2D eigenvalue weighted by Gasteiger charge is 2.13. The molecule has 1 aliphatic heterocycles. The number of aromatic nitrogens is 2. The topological polar surface area (TPSA) is 36.3 Å². The smallest absolute Gasteiger partial charge is 0.0853 e. The van der Waals surface area contributed by atoms with Crippen molar-refractivity contribution in [3.05, 3.63) is 11.9 Å². The average Bonchev–Trinajstić information content (AvgIpc) is 2.72. The van der Waals surface area contributed by atoms with E-state index in [1.807, 2.05) is 11.7 Å². The second-order valence-electron chi connectivity index (χ2n) is 5.09. The summed E-state index contributed by atoms with van der Waals surface area (Å²) < 4.78 is 1.89. The summed E-state index contributed by atoms with van der Waals surface area (Å²) in [5.41, 5.74) is 2.35. The first-order valence-corrected chi connectivity index (χ1v) is 6.86. The predicted octanol–water partition coefficient (Wildman–Crippen LogP) is 0.642. The van der Waals surface area contributed by atoms with Gasteiger partial charge in [0, 0.05) is 52.5 Å². The van der Waals surface area contributed by atoms with Crippen molar-refractivity contribution in [1.29, 1.82) is 0 Å². The maximum Gasteiger partial charge on any atom is 0.0853 e. The van der Waals surface area contributed by atoms with E-state index in [1.54, 1.807) is 0 Å². The number of nitrogens with one attached hydrogen (secondary N) is 1. The molecule has 0 spiro atoms. The Morgan fingerprint density at radius 1 is 1.22 bits per heavy atom. The lowest BCUT2D eigenvalue weighted by atomic mass is 10.3. The molecule has 0 atom stereocenters. The minimum atomic E-state index is 0.984. The van der Waals surface area contributed by atoms with Gasteiger partial charge >= 0.3 is 0 Å². The number of piperazine rings is 1. The van der Waals surface area contributed by atoms with E-state index in [2.05, 4.69) is 40.4 Å². The summed E-state index contributed by atoms with van der Waals surface area (Å²) in [7, 11) is 4.17. The van der Waals surface area contributed by atoms with Crippen molar-refractivity contribution >= 4 is 5.69 Å². The van der Waals surface area contributed by atoms with Crippen molar-refractivity contribution < 1.29 is 0 Å². The molecule has 1 aromatic rings. The van der Waals surface area contributed by atoms with Crippen LogP contribution in [0.4, 0.5) is 5.69 Å². The largest absolute Gasteiger partial charge is 0.381 e. The number of hydrogen-bond acceptors (Lipinski definition) is 4. The quantitative estimate of drug-likeness (QED) is 0.833. The Balaban J connectivity index is 1.74. The highest BCUT2D eigenvalue weighted by Crippen LogP contribution is 2.13. The van der Waals surface area contributed by atoms with Crippen LogP contribution in [0.5, 0.6) is 0 Å². The number of likely N-dealkylation sites (N-methyl/N-ethyl adjacent to an activating group) is 1. The molecule has 102 valence electrons. The molecule has 1 N–H and O–H groups in total. The van der Waals surface area contributed by atoms with Crippen LogP contribution in [0.1, 0.15) is 12.6 Å². The summed E-state index contributed by atoms with van der Waals surface area (Å²) in [5.74, 6) is 0. The van der Waals surface area contributed by atoms with Gasteiger partial charge in [0.1, 0.15) is 0 Å². The molecule has 0 radical (unpaired) electrons. The minimum Gasteiger partial charge on any atom is -0.381 e. The van der Waals surface area contributed by atoms with Crippen LogP contribution in [-0.2, 0) is 13.5 Å². The molecular formula is C13H25N5. The molecule has 2 heterocycles. The molecule has 1 aliphatic rings. The second-order valence-corrected chi connectivity index (χ2v) is 5.09. The van der Waals surface area contributed by atoms with Gasteiger partial charge in [-0.1, -0.05) is 6.92 Å². The van der Waals surface area contributed by atoms with Crippen LogP contribution in [0, 0.1) is 0 Å². The van der Waals surface area contributed by atoms with Gasteiger partial charge in [0.15, 0.2) is 0 Å². The highest BCUT2D eigenvalue weighted by atomic mass is 15.3. The Morgan fingerprint density at radius 3 is 2.61 bits per heavy atom. The van der Waals surface area contributed by atoms with Gasteiger partial charge in [0.2, 0.25) is 0 Å². The molecule has 0 amide bonds. The summed E-state index contributed by atoms with van der Waals surface area (Å²) in [6, 6.07) is 0. The number of nitrogens with zero attached hydrogens (tertiary/aromatic N) is 4. The molecule has 1 saturated heterocycles. The zero-order chi connectivity index (χ0) is 13.0. The van der Waals surface area contributed by atoms with E-state index in [4.69, 9.17) is 0 Å². The maximum absolute atomic E-state index is 4.44. The standard InChI is InChI=1S/C13H25N5/c1-4-12-13(11-17(3)15-12)14-5-6-18-9-7-16(2)8-10-18/h11,14H,4-10H2,1-3H3. The number of anilines is 1. The Kier molecular flexibility index (Phi) is 4.60. The number of aryl methyl sites for hydroxylation is 2. The molecular weight excluding hydrogens is 226 g/mol. The lowest BCUT2D eigenvalue weighted by Crippen LogP contribution is -2.45. The van der Waals surface area contributed by atoms with Crippen molar-refractivity contribution in [2.24, 2.45) is 7.05 Å². The molecule has 1 aromatic heterocycles. The number of rotatable bonds is 5. The van der Waals surface area contributed by atoms with Gasteiger partial charge in [0.05, 0.1) is 11.4 Å². The van der Waals surface area contributed by atoms with Gasteiger partial charge in [-0.15, -0.1) is 0 Å². The second kappa shape index (κ2) is 6.20. The molecule has 5 nitrogen and oxygen atoms in total. The van der Waals surface area contributed by atoms with Gasteiger partial charge in [0.25, 0.3) is 0 Å². The molecule has 0 unspecified atom stereocenters. The van der Waals surface area contributed by atoms with Crippen molar-refractivity contribution in [1.82, 2.24) is 19.6 Å². The fourth-order valence-corrected chi connectivity index (χ4v) is 2.36. The molecule has 2 rings (SSSR count). The Bertz CT molecular complexity index is 365. The molecule has 0 aliphatic carbocycles. The van der Waals surface area contributed by atoms with E-state index < -0.39 is 0 Å². The Labute approximate surface area is 110 Å². The van der Waals surface area contributed by atoms with Gasteiger partial charge in [-0.25, -0.2) is 0 Å². The summed E-state index contributed by atoms with van der Waals surface area (Å²) in [6.07, 6.45) is 3.06. The van der Waals surface area contributed by atoms with E-state index in [9.17, 15) is 0 Å². The van der Waals surface area contributed by atoms with Crippen LogP contribution < -0.4 is 5.32 Å². The lowest BCUT2D eigenvalue weighted by molar-refractivity contribution is 0.158. The van der Waals surface area contributed by atoms with Crippen LogP contribution in [-0.4, -0.2) is 65.9 Å². The van der Waals surface area contributed by atoms with E-state index >= 15 is 0 Å². The van der Waals surface area contributed by atoms with E-state index in [1.165, 1.54) is 31.9 Å². The molecule has 0 saturated carbocycles. The van der Waals surface area contributed by atoms with E-state index in [0.717, 1.165) is 25.2 Å². The van der Waals surface area contributed by atoms with Gasteiger partial charge < -0.3 is 10.2 Å². The van der Waals surface area contributed by atoms with E-state index in [0.29, 0.717) is 0 Å². The van der Waals surface area contributed by atoms with Crippen LogP contribution in [0.15, 0.2) is 6.20 Å². The summed E-state index contributed by atoms with van der Waals surface area (Å²) in [5, 5.41) is 7.94. The SMILES string of the molecule is CCc1nn(C)cc1NCCN1CCN(C)CC1. The summed E-state index contributed by atoms with van der Waals surface area (Å²) >= 11 is 0. The third-order valence-corrected chi connectivity index (χ3v) is 3.58. The minimum absolute atomic E-state index is 0.984. The average molecular weight is 251 g/mol. The third-order valence-electron chi connectivity index (χ3n) is 3.58. The first-order chi connectivity index (χ1) is 8.69. The highest BCUT2D eigenvalue weighted by molar-refractivity contribution is 5.46. The monoisotopic (exact) mass is 251 g/mol. The number of hydrogen-bond donors (Lipinski definition) is 1. The Hall–Kier alpha value is -1.07. The Morgan fingerprint density at radius 2 is 1.94 bits per heavy atom. The van der Waals surface area contributed by atoms with Crippen LogP contribution in [0.3, 0.4) is 0 Å². The van der Waals surface area contributed by atoms with Gasteiger partial charge in [-0.2, -0.15) is 5.10 Å². The third kappa shape index (κ3) is 3.46. The predicted molar refractivity (Wildman–Crippen MR) is 75.0 cm³/mol. The zero-order valence-electron chi connectivity index (χ0n) is 11.8. The van der Waals surface area contributed by atoms with Crippen molar-refractivity contribution in [3.63, 3.8) is 0 Å². The molecule has 0 bridgehead atoms. The van der Waals surface area contributed by atoms with Crippen molar-refractivity contribution in [3.8, 4) is 0 Å². The fraction of sp³-hybridized carbons (Fsp3) is 0.769. The fourth-order valence-electron chi connectivity index (χ4n) is 2.36. The first-order valence-electron chi connectivity index (χ1n) is 6.86. The molecule has 0 aromatic carbocycles. The van der Waals surface area contributed by atoms with Crippen molar-refractivity contribution in [2.45, 2.75) is 13.3 Å². The first kappa shape index (κ1) is 13.4. The van der Waals surface area contributed by atoms with Gasteiger partial charge in [-0.3, -0.25) is 9.58 Å². The van der Waals surface area contributed by atoms with Crippen molar-refractivity contribution in [2.75, 3.05) is 51.6 Å². The zero-order valence-corrected chi connectivity index (χ0v) is 11.8. The van der Waals surface area contributed by atoms with Crippen LogP contribution in [0.25, 0.3) is 0 Å². The van der Waals surface area contributed by atoms with Crippen LogP contribution >= 0.6 is 0 Å². The van der Waals surface area contributed by atoms with Gasteiger partial charge in [-0.05, 0) is 13.5 Å².